The van der Waals surface area contributed by atoms with Gasteiger partial charge in [0.25, 0.3) is 0 Å². The standard InChI is InChI=1S/C18H20N4O/c1-3-22-18(12(2)9-20-22)17(23)8-15-13-6-4-5-7-14(13)16-10-19-11-21(15)16/h4-7,9-11,15,17,23H,3,8H2,1-2H3/t15-,17+/m0/s1. The Morgan fingerprint density at radius 3 is 2.91 bits per heavy atom. The van der Waals surface area contributed by atoms with Crippen LogP contribution in [0.4, 0.5) is 0 Å². The Bertz CT molecular complexity index is 848. The minimum absolute atomic E-state index is 0.110. The smallest absolute Gasteiger partial charge is 0.0982 e. The van der Waals surface area contributed by atoms with Crippen LogP contribution in [-0.4, -0.2) is 24.4 Å². The van der Waals surface area contributed by atoms with Gasteiger partial charge in [-0.3, -0.25) is 4.68 Å². The summed E-state index contributed by atoms with van der Waals surface area (Å²) < 4.78 is 4.05. The van der Waals surface area contributed by atoms with Gasteiger partial charge in [0.1, 0.15) is 0 Å². The Kier molecular flexibility index (Phi) is 3.31. The average Bonchev–Trinajstić information content (AvgIpc) is 3.24. The topological polar surface area (TPSA) is 55.9 Å². The summed E-state index contributed by atoms with van der Waals surface area (Å²) in [6, 6.07) is 8.48. The fourth-order valence-corrected chi connectivity index (χ4v) is 3.67. The lowest BCUT2D eigenvalue weighted by atomic mass is 9.97. The number of aromatic nitrogens is 4. The first-order valence-electron chi connectivity index (χ1n) is 8.02. The second-order valence-electron chi connectivity index (χ2n) is 6.07. The van der Waals surface area contributed by atoms with Crippen LogP contribution in [0.25, 0.3) is 11.3 Å². The Hall–Kier alpha value is -2.40. The van der Waals surface area contributed by atoms with E-state index >= 15 is 0 Å². The molecule has 0 amide bonds. The molecule has 1 aliphatic rings. The third-order valence-electron chi connectivity index (χ3n) is 4.73. The van der Waals surface area contributed by atoms with Crippen molar-refractivity contribution in [3.63, 3.8) is 0 Å². The highest BCUT2D eigenvalue weighted by atomic mass is 16.3. The van der Waals surface area contributed by atoms with Gasteiger partial charge in [0.05, 0.1) is 42.3 Å². The lowest BCUT2D eigenvalue weighted by molar-refractivity contribution is 0.143. The van der Waals surface area contributed by atoms with Crippen molar-refractivity contribution in [2.45, 2.75) is 39.0 Å². The van der Waals surface area contributed by atoms with Gasteiger partial charge in [-0.1, -0.05) is 24.3 Å². The molecule has 118 valence electrons. The molecule has 0 bridgehead atoms. The van der Waals surface area contributed by atoms with Gasteiger partial charge in [-0.05, 0) is 25.0 Å². The van der Waals surface area contributed by atoms with E-state index in [4.69, 9.17) is 0 Å². The minimum atomic E-state index is -0.552. The quantitative estimate of drug-likeness (QED) is 0.806. The molecule has 0 saturated heterocycles. The van der Waals surface area contributed by atoms with Crippen LogP contribution in [0, 0.1) is 6.92 Å². The van der Waals surface area contributed by atoms with Gasteiger partial charge in [0.2, 0.25) is 0 Å². The molecule has 0 fully saturated rings. The van der Waals surface area contributed by atoms with Crippen LogP contribution in [0.1, 0.15) is 42.3 Å². The number of rotatable bonds is 4. The highest BCUT2D eigenvalue weighted by Gasteiger charge is 2.31. The van der Waals surface area contributed by atoms with E-state index in [1.165, 1.54) is 11.1 Å². The third-order valence-corrected chi connectivity index (χ3v) is 4.73. The van der Waals surface area contributed by atoms with Crippen LogP contribution in [0.2, 0.25) is 0 Å². The molecule has 0 aliphatic carbocycles. The van der Waals surface area contributed by atoms with Crippen molar-refractivity contribution >= 4 is 0 Å². The number of aliphatic hydroxyl groups is 1. The molecule has 1 aliphatic heterocycles. The molecule has 2 atom stereocenters. The molecule has 0 spiro atoms. The van der Waals surface area contributed by atoms with Crippen molar-refractivity contribution in [2.75, 3.05) is 0 Å². The molecule has 5 nitrogen and oxygen atoms in total. The van der Waals surface area contributed by atoms with Gasteiger partial charge >= 0.3 is 0 Å². The van der Waals surface area contributed by atoms with Gasteiger partial charge < -0.3 is 9.67 Å². The van der Waals surface area contributed by atoms with E-state index in [-0.39, 0.29) is 6.04 Å². The average molecular weight is 308 g/mol. The molecule has 1 aromatic carbocycles. The van der Waals surface area contributed by atoms with Gasteiger partial charge in [-0.25, -0.2) is 4.98 Å². The first-order chi connectivity index (χ1) is 11.2. The molecule has 4 rings (SSSR count). The zero-order valence-electron chi connectivity index (χ0n) is 13.3. The molecule has 2 aromatic heterocycles. The number of aliphatic hydroxyl groups excluding tert-OH is 1. The van der Waals surface area contributed by atoms with E-state index in [1.54, 1.807) is 0 Å². The van der Waals surface area contributed by atoms with Gasteiger partial charge in [-0.2, -0.15) is 5.10 Å². The van der Waals surface area contributed by atoms with Crippen LogP contribution in [0.5, 0.6) is 0 Å². The van der Waals surface area contributed by atoms with Crippen molar-refractivity contribution < 1.29 is 5.11 Å². The van der Waals surface area contributed by atoms with Gasteiger partial charge in [0, 0.05) is 18.5 Å². The molecule has 23 heavy (non-hydrogen) atoms. The predicted octanol–water partition coefficient (Wildman–Crippen LogP) is 3.10. The van der Waals surface area contributed by atoms with Crippen molar-refractivity contribution in [3.8, 4) is 11.3 Å². The number of nitrogens with zero attached hydrogens (tertiary/aromatic N) is 4. The second kappa shape index (κ2) is 5.35. The van der Waals surface area contributed by atoms with E-state index in [2.05, 4.69) is 32.8 Å². The highest BCUT2D eigenvalue weighted by Crippen LogP contribution is 2.43. The minimum Gasteiger partial charge on any atom is -0.387 e. The molecule has 0 unspecified atom stereocenters. The van der Waals surface area contributed by atoms with Crippen molar-refractivity contribution in [3.05, 3.63) is 59.8 Å². The van der Waals surface area contributed by atoms with Crippen LogP contribution in [0.15, 0.2) is 43.0 Å². The summed E-state index contributed by atoms with van der Waals surface area (Å²) in [5.41, 5.74) is 5.54. The number of imidazole rings is 1. The van der Waals surface area contributed by atoms with Crippen LogP contribution >= 0.6 is 0 Å². The van der Waals surface area contributed by atoms with Crippen molar-refractivity contribution in [1.82, 2.24) is 19.3 Å². The zero-order chi connectivity index (χ0) is 16.0. The van der Waals surface area contributed by atoms with Crippen molar-refractivity contribution in [2.24, 2.45) is 0 Å². The normalized spacial score (nSPS) is 17.1. The summed E-state index contributed by atoms with van der Waals surface area (Å²) >= 11 is 0. The molecule has 0 saturated carbocycles. The Morgan fingerprint density at radius 2 is 2.09 bits per heavy atom. The summed E-state index contributed by atoms with van der Waals surface area (Å²) in [5.74, 6) is 0. The Morgan fingerprint density at radius 1 is 1.26 bits per heavy atom. The third kappa shape index (κ3) is 2.11. The molecule has 0 radical (unpaired) electrons. The SMILES string of the molecule is CCn1ncc(C)c1[C@H](O)C[C@H]1c2ccccc2-c2cncn21. The molecular formula is C18H20N4O. The first kappa shape index (κ1) is 14.2. The highest BCUT2D eigenvalue weighted by molar-refractivity contribution is 5.68. The maximum atomic E-state index is 10.9. The zero-order valence-corrected chi connectivity index (χ0v) is 13.3. The number of hydrogen-bond acceptors (Lipinski definition) is 3. The van der Waals surface area contributed by atoms with Gasteiger partial charge in [0.15, 0.2) is 0 Å². The van der Waals surface area contributed by atoms with E-state index in [9.17, 15) is 5.11 Å². The van der Waals surface area contributed by atoms with Crippen LogP contribution in [0.3, 0.4) is 0 Å². The Balaban J connectivity index is 1.71. The Labute approximate surface area is 135 Å². The lowest BCUT2D eigenvalue weighted by Crippen LogP contribution is -2.15. The van der Waals surface area contributed by atoms with E-state index in [0.717, 1.165) is 23.5 Å². The summed E-state index contributed by atoms with van der Waals surface area (Å²) in [6.45, 7) is 4.81. The van der Waals surface area contributed by atoms with Gasteiger partial charge in [-0.15, -0.1) is 0 Å². The van der Waals surface area contributed by atoms with Crippen LogP contribution in [-0.2, 0) is 6.54 Å². The molecule has 3 heterocycles. The number of aryl methyl sites for hydroxylation is 2. The molecule has 3 aromatic rings. The molecule has 5 heteroatoms. The molecular weight excluding hydrogens is 288 g/mol. The van der Waals surface area contributed by atoms with Crippen molar-refractivity contribution in [1.29, 1.82) is 0 Å². The predicted molar refractivity (Wildman–Crippen MR) is 88.0 cm³/mol. The monoisotopic (exact) mass is 308 g/mol. The second-order valence-corrected chi connectivity index (χ2v) is 6.07. The summed E-state index contributed by atoms with van der Waals surface area (Å²) in [7, 11) is 0. The summed E-state index contributed by atoms with van der Waals surface area (Å²) in [5, 5.41) is 15.2. The van der Waals surface area contributed by atoms with E-state index in [0.29, 0.717) is 6.42 Å². The van der Waals surface area contributed by atoms with E-state index in [1.807, 2.05) is 43.3 Å². The molecule has 1 N–H and O–H groups in total. The maximum Gasteiger partial charge on any atom is 0.0982 e. The number of hydrogen-bond donors (Lipinski definition) is 1. The maximum absolute atomic E-state index is 10.9. The summed E-state index contributed by atoms with van der Waals surface area (Å²) in [6.07, 6.45) is 5.65. The number of fused-ring (bicyclic) bond motifs is 3. The fraction of sp³-hybridized carbons (Fsp3) is 0.333. The fourth-order valence-electron chi connectivity index (χ4n) is 3.67. The van der Waals surface area contributed by atoms with Crippen LogP contribution < -0.4 is 0 Å². The van der Waals surface area contributed by atoms with E-state index < -0.39 is 6.10 Å². The number of benzene rings is 1. The summed E-state index contributed by atoms with van der Waals surface area (Å²) in [4.78, 5) is 4.28. The largest absolute Gasteiger partial charge is 0.387 e. The lowest BCUT2D eigenvalue weighted by Gasteiger charge is -2.20. The first-order valence-corrected chi connectivity index (χ1v) is 8.02.